The van der Waals surface area contributed by atoms with Crippen LogP contribution in [0.15, 0.2) is 11.6 Å². The highest BCUT2D eigenvalue weighted by Crippen LogP contribution is 2.67. The Kier molecular flexibility index (Phi) is 28.6. The number of carbonyl (C=O) groups is 1. The van der Waals surface area contributed by atoms with Crippen LogP contribution >= 0.6 is 0 Å². The zero-order valence-electron chi connectivity index (χ0n) is 48.3. The third-order valence-corrected chi connectivity index (χ3v) is 20.7. The van der Waals surface area contributed by atoms with Crippen molar-refractivity contribution < 1.29 is 34.3 Å². The van der Waals surface area contributed by atoms with Crippen molar-refractivity contribution in [3.63, 3.8) is 0 Å². The van der Waals surface area contributed by atoms with E-state index in [1.165, 1.54) is 205 Å². The van der Waals surface area contributed by atoms with Crippen LogP contribution in [0.1, 0.15) is 299 Å². The molecule has 7 heteroatoms. The highest BCUT2D eigenvalue weighted by molar-refractivity contribution is 5.69. The molecule has 14 unspecified atom stereocenters. The van der Waals surface area contributed by atoms with Crippen LogP contribution in [0.3, 0.4) is 0 Å². The van der Waals surface area contributed by atoms with Crippen LogP contribution in [-0.4, -0.2) is 64.7 Å². The third kappa shape index (κ3) is 18.6. The second kappa shape index (κ2) is 33.3. The number of hydrogen-bond donors (Lipinski definition) is 3. The van der Waals surface area contributed by atoms with Crippen LogP contribution in [0.5, 0.6) is 0 Å². The number of aliphatic hydroxyl groups excluding tert-OH is 3. The van der Waals surface area contributed by atoms with Crippen molar-refractivity contribution in [1.29, 1.82) is 0 Å². The first-order valence-electron chi connectivity index (χ1n) is 32.0. The molecule has 1 aliphatic heterocycles. The normalized spacial score (nSPS) is 32.2. The van der Waals surface area contributed by atoms with Crippen LogP contribution in [0, 0.1) is 52.3 Å². The predicted octanol–water partition coefficient (Wildman–Crippen LogP) is 17.3. The van der Waals surface area contributed by atoms with E-state index in [2.05, 4.69) is 54.5 Å². The Balaban J connectivity index is 0.919. The first-order chi connectivity index (χ1) is 34.9. The van der Waals surface area contributed by atoms with Crippen molar-refractivity contribution in [2.75, 3.05) is 6.61 Å². The molecule has 0 aromatic heterocycles. The van der Waals surface area contributed by atoms with Gasteiger partial charge >= 0.3 is 5.97 Å². The monoisotopic (exact) mass is 1010 g/mol. The fraction of sp³-hybridized carbons (Fsp3) is 0.954. The second-order valence-electron chi connectivity index (χ2n) is 26.1. The minimum Gasteiger partial charge on any atom is -0.454 e. The molecule has 0 bridgehead atoms. The average molecular weight is 1010 g/mol. The minimum absolute atomic E-state index is 0.147. The largest absolute Gasteiger partial charge is 0.454 e. The quantitative estimate of drug-likeness (QED) is 0.0321. The lowest BCUT2D eigenvalue weighted by atomic mass is 9.47. The number of hydrogen-bond acceptors (Lipinski definition) is 7. The Hall–Kier alpha value is -0.990. The zero-order valence-corrected chi connectivity index (χ0v) is 48.3. The van der Waals surface area contributed by atoms with Gasteiger partial charge in [-0.25, -0.2) is 0 Å². The van der Waals surface area contributed by atoms with E-state index in [0.717, 1.165) is 80.5 Å². The van der Waals surface area contributed by atoms with E-state index in [0.29, 0.717) is 11.3 Å². The van der Waals surface area contributed by atoms with E-state index in [9.17, 15) is 20.1 Å². The van der Waals surface area contributed by atoms with Crippen molar-refractivity contribution in [1.82, 2.24) is 0 Å². The predicted molar refractivity (Wildman–Crippen MR) is 300 cm³/mol. The molecule has 420 valence electrons. The summed E-state index contributed by atoms with van der Waals surface area (Å²) < 4.78 is 18.7. The van der Waals surface area contributed by atoms with E-state index in [1.807, 2.05) is 0 Å². The summed E-state index contributed by atoms with van der Waals surface area (Å²) in [5, 5.41) is 32.2. The molecule has 4 fully saturated rings. The third-order valence-electron chi connectivity index (χ3n) is 20.7. The molecule has 3 saturated carbocycles. The van der Waals surface area contributed by atoms with Gasteiger partial charge in [-0.2, -0.15) is 0 Å². The number of aliphatic hydroxyl groups is 3. The fourth-order valence-corrected chi connectivity index (χ4v) is 15.9. The maximum atomic E-state index is 13.2. The molecule has 1 saturated heterocycles. The summed E-state index contributed by atoms with van der Waals surface area (Å²) >= 11 is 0. The number of allylic oxidation sites excluding steroid dienone is 1. The van der Waals surface area contributed by atoms with Crippen LogP contribution < -0.4 is 0 Å². The van der Waals surface area contributed by atoms with Gasteiger partial charge in [-0.05, 0) is 116 Å². The van der Waals surface area contributed by atoms with Gasteiger partial charge in [0.2, 0.25) is 0 Å². The molecular formula is C65H118O7. The number of unbranched alkanes of at least 4 members (excludes halogenated alkanes) is 26. The Bertz CT molecular complexity index is 1480. The molecule has 0 aromatic rings. The van der Waals surface area contributed by atoms with Crippen LogP contribution in [0.25, 0.3) is 0 Å². The summed E-state index contributed by atoms with van der Waals surface area (Å²) in [7, 11) is 0. The molecule has 7 nitrogen and oxygen atoms in total. The zero-order chi connectivity index (χ0) is 51.8. The molecular weight excluding hydrogens is 893 g/mol. The van der Waals surface area contributed by atoms with E-state index >= 15 is 0 Å². The molecule has 0 aromatic carbocycles. The number of ether oxygens (including phenoxy) is 3. The lowest BCUT2D eigenvalue weighted by Gasteiger charge is -2.58. The summed E-state index contributed by atoms with van der Waals surface area (Å²) in [6.07, 6.45) is 46.6. The van der Waals surface area contributed by atoms with Crippen molar-refractivity contribution in [2.45, 2.75) is 336 Å². The molecule has 0 amide bonds. The molecule has 5 aliphatic rings. The van der Waals surface area contributed by atoms with Crippen molar-refractivity contribution in [2.24, 2.45) is 52.3 Å². The summed E-state index contributed by atoms with van der Waals surface area (Å²) in [4.78, 5) is 13.2. The maximum absolute atomic E-state index is 13.2. The molecule has 0 spiro atoms. The summed E-state index contributed by atoms with van der Waals surface area (Å²) in [6.45, 7) is 16.8. The molecule has 3 N–H and O–H groups in total. The topological polar surface area (TPSA) is 105 Å². The molecule has 14 atom stereocenters. The van der Waals surface area contributed by atoms with Crippen LogP contribution in [0.4, 0.5) is 0 Å². The van der Waals surface area contributed by atoms with E-state index < -0.39 is 43.3 Å². The SMILES string of the molecule is CCCCCCCCCCCCCCCCCCCCCCCCCCCCCC(=O)OC1C(OC2CCC3(C)C(=CCC4C3CCC3(C)C(C(C)CCC(CC)C(C)C)CCC43)C2)OC(CO)C(O)C1O. The van der Waals surface area contributed by atoms with Crippen LogP contribution in [0.2, 0.25) is 0 Å². The lowest BCUT2D eigenvalue weighted by molar-refractivity contribution is -0.315. The van der Waals surface area contributed by atoms with Crippen molar-refractivity contribution in [3.8, 4) is 0 Å². The number of rotatable bonds is 38. The smallest absolute Gasteiger partial charge is 0.306 e. The van der Waals surface area contributed by atoms with Gasteiger partial charge in [0, 0.05) is 6.42 Å². The standard InChI is InChI=1S/C65H118O7/c1-8-10-11-12-13-14-15-16-17-18-19-20-21-22-23-24-25-26-27-28-29-30-31-32-33-34-35-36-59(67)72-62-61(69)60(68)58(48-66)71-63(62)70-53-43-45-64(6)52(47-53)39-40-54-56-42-41-55(65(56,7)46-44-57(54)64)50(5)37-38-51(9-2)49(3)4/h39,49-51,53-58,60-63,66,68-69H,8-38,40-48H2,1-7H3. The summed E-state index contributed by atoms with van der Waals surface area (Å²) in [5.41, 5.74) is 2.11. The minimum atomic E-state index is -1.40. The molecule has 72 heavy (non-hydrogen) atoms. The van der Waals surface area contributed by atoms with Crippen molar-refractivity contribution in [3.05, 3.63) is 11.6 Å². The summed E-state index contributed by atoms with van der Waals surface area (Å²) in [5.74, 6) is 5.12. The molecule has 0 radical (unpaired) electrons. The second-order valence-corrected chi connectivity index (χ2v) is 26.1. The van der Waals surface area contributed by atoms with Gasteiger partial charge in [0.15, 0.2) is 12.4 Å². The number of esters is 1. The lowest BCUT2D eigenvalue weighted by Crippen LogP contribution is -2.61. The van der Waals surface area contributed by atoms with Crippen LogP contribution in [-0.2, 0) is 19.0 Å². The average Bonchev–Trinajstić information content (AvgIpc) is 3.73. The van der Waals surface area contributed by atoms with E-state index in [-0.39, 0.29) is 17.9 Å². The maximum Gasteiger partial charge on any atom is 0.306 e. The molecule has 1 heterocycles. The van der Waals surface area contributed by atoms with Gasteiger partial charge < -0.3 is 29.5 Å². The number of fused-ring (bicyclic) bond motifs is 5. The van der Waals surface area contributed by atoms with Gasteiger partial charge in [-0.1, -0.05) is 240 Å². The van der Waals surface area contributed by atoms with Gasteiger partial charge in [0.25, 0.3) is 0 Å². The first kappa shape index (κ1) is 61.9. The Morgan fingerprint density at radius 3 is 1.69 bits per heavy atom. The highest BCUT2D eigenvalue weighted by Gasteiger charge is 2.59. The highest BCUT2D eigenvalue weighted by atomic mass is 16.7. The Morgan fingerprint density at radius 1 is 0.667 bits per heavy atom. The number of carbonyl (C=O) groups excluding carboxylic acids is 1. The Morgan fingerprint density at radius 2 is 1.19 bits per heavy atom. The molecule has 4 aliphatic carbocycles. The van der Waals surface area contributed by atoms with E-state index in [4.69, 9.17) is 14.2 Å². The van der Waals surface area contributed by atoms with E-state index in [1.54, 1.807) is 0 Å². The van der Waals surface area contributed by atoms with Crippen molar-refractivity contribution >= 4 is 5.97 Å². The summed E-state index contributed by atoms with van der Waals surface area (Å²) in [6, 6.07) is 0. The molecule has 5 rings (SSSR count). The van der Waals surface area contributed by atoms with Gasteiger partial charge in [-0.3, -0.25) is 4.79 Å². The van der Waals surface area contributed by atoms with Gasteiger partial charge in [-0.15, -0.1) is 0 Å². The van der Waals surface area contributed by atoms with Gasteiger partial charge in [0.1, 0.15) is 18.3 Å². The first-order valence-corrected chi connectivity index (χ1v) is 32.0. The Labute approximate surface area is 444 Å². The van der Waals surface area contributed by atoms with Gasteiger partial charge in [0.05, 0.1) is 12.7 Å². The fourth-order valence-electron chi connectivity index (χ4n) is 15.9.